The van der Waals surface area contributed by atoms with Crippen molar-refractivity contribution in [2.45, 2.75) is 20.0 Å². The minimum absolute atomic E-state index is 0.203. The van der Waals surface area contributed by atoms with E-state index in [-0.39, 0.29) is 5.76 Å². The van der Waals surface area contributed by atoms with Gasteiger partial charge in [-0.05, 0) is 24.6 Å². The fraction of sp³-hybridized carbons (Fsp3) is 0.250. The highest BCUT2D eigenvalue weighted by molar-refractivity contribution is 5.86. The van der Waals surface area contributed by atoms with Gasteiger partial charge in [0.15, 0.2) is 5.75 Å². The maximum absolute atomic E-state index is 9.17. The van der Waals surface area contributed by atoms with Gasteiger partial charge in [0, 0.05) is 7.05 Å². The Balaban J connectivity index is 1.91. The molecular weight excluding hydrogens is 266 g/mol. The highest BCUT2D eigenvalue weighted by atomic mass is 16.5. The van der Waals surface area contributed by atoms with Crippen molar-refractivity contribution < 1.29 is 9.15 Å². The van der Waals surface area contributed by atoms with Crippen LogP contribution in [0.3, 0.4) is 0 Å². The number of para-hydroxylation sites is 1. The molecule has 0 aliphatic carbocycles. The van der Waals surface area contributed by atoms with Gasteiger partial charge < -0.3 is 9.15 Å². The highest BCUT2D eigenvalue weighted by Gasteiger charge is 2.16. The summed E-state index contributed by atoms with van der Waals surface area (Å²) in [6.07, 6.45) is 0.881. The normalized spacial score (nSPS) is 10.7. The average molecular weight is 281 g/mol. The number of hydrogen-bond donors (Lipinski definition) is 0. The predicted molar refractivity (Wildman–Crippen MR) is 77.8 cm³/mol. The van der Waals surface area contributed by atoms with Crippen LogP contribution >= 0.6 is 0 Å². The Kier molecular flexibility index (Phi) is 3.36. The molecule has 3 aromatic rings. The predicted octanol–water partition coefficient (Wildman–Crippen LogP) is 3.18. The molecule has 2 aromatic heterocycles. The fourth-order valence-corrected chi connectivity index (χ4v) is 2.26. The van der Waals surface area contributed by atoms with E-state index in [1.165, 1.54) is 0 Å². The summed E-state index contributed by atoms with van der Waals surface area (Å²) < 4.78 is 13.1. The number of fused-ring (bicyclic) bond motifs is 1. The largest absolute Gasteiger partial charge is 0.482 e. The molecule has 21 heavy (non-hydrogen) atoms. The van der Waals surface area contributed by atoms with Crippen molar-refractivity contribution in [3.05, 3.63) is 47.5 Å². The van der Waals surface area contributed by atoms with E-state index in [0.717, 1.165) is 23.2 Å². The maximum atomic E-state index is 9.17. The van der Waals surface area contributed by atoms with Gasteiger partial charge in [-0.25, -0.2) is 0 Å². The standard InChI is InChI=1S/C16H15N3O2/c1-3-11-8-12(19(2)18-11)10-20-16-13-6-4-5-7-14(13)21-15(16)9-17/h4-8H,3,10H2,1-2H3. The molecule has 0 saturated heterocycles. The van der Waals surface area contributed by atoms with Crippen LogP contribution in [0.2, 0.25) is 0 Å². The molecule has 0 bridgehead atoms. The number of ether oxygens (including phenoxy) is 1. The Morgan fingerprint density at radius 1 is 1.38 bits per heavy atom. The number of rotatable bonds is 4. The van der Waals surface area contributed by atoms with Crippen LogP contribution in [0.25, 0.3) is 11.0 Å². The van der Waals surface area contributed by atoms with Gasteiger partial charge in [-0.3, -0.25) is 4.68 Å². The third-order valence-corrected chi connectivity index (χ3v) is 3.41. The summed E-state index contributed by atoms with van der Waals surface area (Å²) in [5.41, 5.74) is 2.64. The molecule has 0 amide bonds. The van der Waals surface area contributed by atoms with E-state index in [4.69, 9.17) is 9.15 Å². The van der Waals surface area contributed by atoms with E-state index in [9.17, 15) is 5.26 Å². The minimum atomic E-state index is 0.203. The van der Waals surface area contributed by atoms with Crippen LogP contribution in [-0.4, -0.2) is 9.78 Å². The van der Waals surface area contributed by atoms with Crippen LogP contribution in [0, 0.1) is 11.3 Å². The Morgan fingerprint density at radius 3 is 2.90 bits per heavy atom. The van der Waals surface area contributed by atoms with E-state index in [0.29, 0.717) is 17.9 Å². The Morgan fingerprint density at radius 2 is 2.19 bits per heavy atom. The third kappa shape index (κ3) is 2.36. The van der Waals surface area contributed by atoms with Gasteiger partial charge in [-0.15, -0.1) is 0 Å². The van der Waals surface area contributed by atoms with Crippen LogP contribution in [0.5, 0.6) is 5.75 Å². The number of aryl methyl sites for hydroxylation is 2. The number of benzene rings is 1. The monoisotopic (exact) mass is 281 g/mol. The molecule has 5 heteroatoms. The summed E-state index contributed by atoms with van der Waals surface area (Å²) in [5.74, 6) is 0.696. The second-order valence-electron chi connectivity index (χ2n) is 4.76. The van der Waals surface area contributed by atoms with Gasteiger partial charge >= 0.3 is 0 Å². The molecule has 0 unspecified atom stereocenters. The summed E-state index contributed by atoms with van der Waals surface area (Å²) in [6, 6.07) is 11.5. The maximum Gasteiger partial charge on any atom is 0.246 e. The van der Waals surface area contributed by atoms with E-state index >= 15 is 0 Å². The second-order valence-corrected chi connectivity index (χ2v) is 4.76. The zero-order valence-corrected chi connectivity index (χ0v) is 12.0. The lowest BCUT2D eigenvalue weighted by Gasteiger charge is -2.04. The van der Waals surface area contributed by atoms with Crippen molar-refractivity contribution in [1.29, 1.82) is 5.26 Å². The van der Waals surface area contributed by atoms with Gasteiger partial charge in [0.2, 0.25) is 5.76 Å². The second kappa shape index (κ2) is 5.33. The third-order valence-electron chi connectivity index (χ3n) is 3.41. The molecule has 0 aliphatic rings. The molecule has 2 heterocycles. The first kappa shape index (κ1) is 13.3. The van der Waals surface area contributed by atoms with Crippen LogP contribution in [0.15, 0.2) is 34.7 Å². The van der Waals surface area contributed by atoms with Crippen LogP contribution in [0.4, 0.5) is 0 Å². The Labute approximate surface area is 122 Å². The van der Waals surface area contributed by atoms with Crippen molar-refractivity contribution in [2.24, 2.45) is 7.05 Å². The Hall–Kier alpha value is -2.74. The summed E-state index contributed by atoms with van der Waals surface area (Å²) in [5, 5.41) is 14.4. The van der Waals surface area contributed by atoms with Crippen molar-refractivity contribution in [3.63, 3.8) is 0 Å². The Bertz CT molecular complexity index is 824. The number of aromatic nitrogens is 2. The molecule has 3 rings (SSSR count). The van der Waals surface area contributed by atoms with Crippen molar-refractivity contribution >= 4 is 11.0 Å². The first-order chi connectivity index (χ1) is 10.2. The molecule has 0 aliphatic heterocycles. The molecule has 0 spiro atoms. The van der Waals surface area contributed by atoms with E-state index in [1.54, 1.807) is 4.68 Å². The quantitative estimate of drug-likeness (QED) is 0.736. The first-order valence-electron chi connectivity index (χ1n) is 6.79. The lowest BCUT2D eigenvalue weighted by atomic mass is 10.2. The molecule has 0 atom stereocenters. The van der Waals surface area contributed by atoms with Crippen molar-refractivity contribution in [2.75, 3.05) is 0 Å². The molecule has 0 N–H and O–H groups in total. The van der Waals surface area contributed by atoms with E-state index < -0.39 is 0 Å². The minimum Gasteiger partial charge on any atom is -0.482 e. The average Bonchev–Trinajstić information content (AvgIpc) is 3.05. The van der Waals surface area contributed by atoms with Gasteiger partial charge in [0.25, 0.3) is 0 Å². The summed E-state index contributed by atoms with van der Waals surface area (Å²) in [6.45, 7) is 2.41. The summed E-state index contributed by atoms with van der Waals surface area (Å²) in [7, 11) is 1.89. The van der Waals surface area contributed by atoms with Gasteiger partial charge in [-0.1, -0.05) is 19.1 Å². The lowest BCUT2D eigenvalue weighted by Crippen LogP contribution is -2.03. The van der Waals surface area contributed by atoms with Crippen LogP contribution in [-0.2, 0) is 20.1 Å². The number of hydrogen-bond acceptors (Lipinski definition) is 4. The zero-order valence-electron chi connectivity index (χ0n) is 12.0. The summed E-state index contributed by atoms with van der Waals surface area (Å²) in [4.78, 5) is 0. The molecule has 0 saturated carbocycles. The van der Waals surface area contributed by atoms with Crippen molar-refractivity contribution in [1.82, 2.24) is 9.78 Å². The van der Waals surface area contributed by atoms with Crippen LogP contribution < -0.4 is 4.74 Å². The van der Waals surface area contributed by atoms with E-state index in [1.807, 2.05) is 43.4 Å². The molecule has 106 valence electrons. The molecule has 5 nitrogen and oxygen atoms in total. The first-order valence-corrected chi connectivity index (χ1v) is 6.79. The number of furan rings is 1. The number of nitriles is 1. The van der Waals surface area contributed by atoms with Crippen molar-refractivity contribution in [3.8, 4) is 11.8 Å². The molecule has 0 fully saturated rings. The number of nitrogens with zero attached hydrogens (tertiary/aromatic N) is 3. The smallest absolute Gasteiger partial charge is 0.246 e. The van der Waals surface area contributed by atoms with E-state index in [2.05, 4.69) is 12.0 Å². The highest BCUT2D eigenvalue weighted by Crippen LogP contribution is 2.33. The summed E-state index contributed by atoms with van der Waals surface area (Å²) >= 11 is 0. The van der Waals surface area contributed by atoms with Crippen LogP contribution in [0.1, 0.15) is 24.1 Å². The van der Waals surface area contributed by atoms with Gasteiger partial charge in [-0.2, -0.15) is 10.4 Å². The molecular formula is C16H15N3O2. The SMILES string of the molecule is CCc1cc(COc2c(C#N)oc3ccccc23)n(C)n1. The molecule has 0 radical (unpaired) electrons. The lowest BCUT2D eigenvalue weighted by molar-refractivity contribution is 0.292. The zero-order chi connectivity index (χ0) is 14.8. The van der Waals surface area contributed by atoms with Gasteiger partial charge in [0.05, 0.1) is 16.8 Å². The molecule has 1 aromatic carbocycles. The topological polar surface area (TPSA) is 64.0 Å². The van der Waals surface area contributed by atoms with Gasteiger partial charge in [0.1, 0.15) is 18.3 Å². The fourth-order valence-electron chi connectivity index (χ4n) is 2.26.